The third kappa shape index (κ3) is 2.96. The molecule has 1 saturated heterocycles. The zero-order valence-corrected chi connectivity index (χ0v) is 18.7. The van der Waals surface area contributed by atoms with Gasteiger partial charge in [-0.3, -0.25) is 19.3 Å². The second kappa shape index (κ2) is 7.57. The zero-order chi connectivity index (χ0) is 22.7. The molecule has 3 aliphatic rings. The Morgan fingerprint density at radius 3 is 2.64 bits per heavy atom. The highest BCUT2D eigenvalue weighted by atomic mass is 32.2. The Hall–Kier alpha value is -3.43. The quantitative estimate of drug-likeness (QED) is 0.596. The summed E-state index contributed by atoms with van der Waals surface area (Å²) in [5.74, 6) is -0.897. The van der Waals surface area contributed by atoms with Crippen molar-refractivity contribution in [1.29, 1.82) is 0 Å². The van der Waals surface area contributed by atoms with E-state index < -0.39 is 17.3 Å². The topological polar surface area (TPSA) is 78.2 Å². The average molecular weight is 463 g/mol. The van der Waals surface area contributed by atoms with Crippen LogP contribution in [0.2, 0.25) is 0 Å². The second-order valence-corrected chi connectivity index (χ2v) is 9.33. The summed E-state index contributed by atoms with van der Waals surface area (Å²) >= 11 is 1.70. The molecule has 8 nitrogen and oxygen atoms in total. The van der Waals surface area contributed by atoms with Crippen molar-refractivity contribution >= 4 is 23.4 Å². The number of hydrogen-bond acceptors (Lipinski definition) is 7. The number of carbonyl (C=O) groups is 1. The van der Waals surface area contributed by atoms with Gasteiger partial charge in [-0.05, 0) is 18.2 Å². The van der Waals surface area contributed by atoms with E-state index in [-0.39, 0.29) is 17.8 Å². The lowest BCUT2D eigenvalue weighted by Crippen LogP contribution is -2.67. The summed E-state index contributed by atoms with van der Waals surface area (Å²) in [7, 11) is 2.03. The van der Waals surface area contributed by atoms with Crippen molar-refractivity contribution in [2.45, 2.75) is 22.1 Å². The van der Waals surface area contributed by atoms with Gasteiger partial charge in [-0.25, -0.2) is 0 Å². The number of fused-ring (bicyclic) bond motifs is 4. The molecule has 0 aliphatic carbocycles. The van der Waals surface area contributed by atoms with Crippen molar-refractivity contribution in [3.05, 3.63) is 82.3 Å². The van der Waals surface area contributed by atoms with Crippen molar-refractivity contribution < 1.29 is 14.6 Å². The van der Waals surface area contributed by atoms with E-state index in [1.807, 2.05) is 36.3 Å². The normalized spacial score (nSPS) is 21.6. The Morgan fingerprint density at radius 1 is 1.03 bits per heavy atom. The molecule has 0 radical (unpaired) electrons. The fourth-order valence-electron chi connectivity index (χ4n) is 4.92. The second-order valence-electron chi connectivity index (χ2n) is 8.25. The van der Waals surface area contributed by atoms with Gasteiger partial charge in [0, 0.05) is 41.2 Å². The summed E-state index contributed by atoms with van der Waals surface area (Å²) in [6.45, 7) is 1.11. The molecule has 0 saturated carbocycles. The number of anilines is 1. The van der Waals surface area contributed by atoms with Gasteiger partial charge in [0.2, 0.25) is 5.43 Å². The predicted molar refractivity (Wildman–Crippen MR) is 124 cm³/mol. The molecule has 6 rings (SSSR count). The van der Waals surface area contributed by atoms with Crippen LogP contribution >= 0.6 is 11.8 Å². The fourth-order valence-corrected chi connectivity index (χ4v) is 6.05. The smallest absolute Gasteiger partial charge is 0.278 e. The van der Waals surface area contributed by atoms with Crippen molar-refractivity contribution in [2.24, 2.45) is 0 Å². The lowest BCUT2D eigenvalue weighted by molar-refractivity contribution is -0.0210. The van der Waals surface area contributed by atoms with Crippen LogP contribution in [0.3, 0.4) is 0 Å². The number of morpholine rings is 1. The number of hydrogen-bond donors (Lipinski definition) is 1. The molecule has 0 spiro atoms. The summed E-state index contributed by atoms with van der Waals surface area (Å²) in [5.41, 5.74) is 1.52. The van der Waals surface area contributed by atoms with Gasteiger partial charge < -0.3 is 19.6 Å². The number of nitrogens with zero attached hydrogens (tertiary/aromatic N) is 4. The summed E-state index contributed by atoms with van der Waals surface area (Å²) < 4.78 is 7.43. The van der Waals surface area contributed by atoms with Gasteiger partial charge in [-0.1, -0.05) is 42.1 Å². The molecule has 1 amide bonds. The van der Waals surface area contributed by atoms with Gasteiger partial charge in [-0.15, -0.1) is 0 Å². The Bertz CT molecular complexity index is 1330. The molecule has 2 atom stereocenters. The number of pyridine rings is 1. The van der Waals surface area contributed by atoms with Gasteiger partial charge in [0.25, 0.3) is 5.91 Å². The van der Waals surface area contributed by atoms with Crippen LogP contribution < -0.4 is 15.3 Å². The van der Waals surface area contributed by atoms with Crippen molar-refractivity contribution in [3.63, 3.8) is 0 Å². The number of aromatic hydroxyl groups is 1. The third-order valence-electron chi connectivity index (χ3n) is 6.45. The van der Waals surface area contributed by atoms with Crippen LogP contribution in [0.1, 0.15) is 22.2 Å². The van der Waals surface area contributed by atoms with E-state index in [1.54, 1.807) is 27.5 Å². The summed E-state index contributed by atoms with van der Waals surface area (Å²) in [5, 5.41) is 12.7. The van der Waals surface area contributed by atoms with Crippen LogP contribution in [-0.2, 0) is 4.74 Å². The van der Waals surface area contributed by atoms with Crippen molar-refractivity contribution in [2.75, 3.05) is 36.7 Å². The number of ether oxygens (including phenoxy) is 1. The molecule has 3 aromatic rings. The molecule has 168 valence electrons. The van der Waals surface area contributed by atoms with Crippen LogP contribution in [0, 0.1) is 0 Å². The largest absolute Gasteiger partial charge is 0.502 e. The highest BCUT2D eigenvalue weighted by Crippen LogP contribution is 2.47. The lowest BCUT2D eigenvalue weighted by atomic mass is 10.1. The molecule has 0 bridgehead atoms. The molecule has 1 N–H and O–H groups in total. The van der Waals surface area contributed by atoms with E-state index in [0.717, 1.165) is 21.0 Å². The lowest BCUT2D eigenvalue weighted by Gasteiger charge is -2.52. The Balaban J connectivity index is 1.63. The maximum atomic E-state index is 13.4. The maximum Gasteiger partial charge on any atom is 0.278 e. The summed E-state index contributed by atoms with van der Waals surface area (Å²) in [6.07, 6.45) is 0.832. The Labute approximate surface area is 194 Å². The number of para-hydroxylation sites is 1. The summed E-state index contributed by atoms with van der Waals surface area (Å²) in [6, 6.07) is 17.7. The van der Waals surface area contributed by atoms with Crippen molar-refractivity contribution in [1.82, 2.24) is 9.58 Å². The number of benzene rings is 2. The van der Waals surface area contributed by atoms with E-state index >= 15 is 0 Å². The SMILES string of the molecule is CN1c2ccccc2Sc2ccccc2C1N1C2COCCN2C(=O)c2c(O)c(=O)ccn21. The highest BCUT2D eigenvalue weighted by molar-refractivity contribution is 7.99. The summed E-state index contributed by atoms with van der Waals surface area (Å²) in [4.78, 5) is 31.7. The fraction of sp³-hybridized carbons (Fsp3) is 0.250. The van der Waals surface area contributed by atoms with Crippen molar-refractivity contribution in [3.8, 4) is 5.75 Å². The Morgan fingerprint density at radius 2 is 1.79 bits per heavy atom. The zero-order valence-electron chi connectivity index (χ0n) is 17.9. The first-order valence-corrected chi connectivity index (χ1v) is 11.6. The minimum Gasteiger partial charge on any atom is -0.502 e. The van der Waals surface area contributed by atoms with Crippen LogP contribution in [0.4, 0.5) is 5.69 Å². The van der Waals surface area contributed by atoms with Crippen LogP contribution in [-0.4, -0.2) is 53.6 Å². The van der Waals surface area contributed by atoms with E-state index in [0.29, 0.717) is 19.8 Å². The molecule has 9 heteroatoms. The van der Waals surface area contributed by atoms with E-state index in [4.69, 9.17) is 4.74 Å². The molecule has 4 heterocycles. The molecule has 1 fully saturated rings. The highest BCUT2D eigenvalue weighted by Gasteiger charge is 2.46. The van der Waals surface area contributed by atoms with E-state index in [1.165, 1.54) is 6.07 Å². The van der Waals surface area contributed by atoms with Gasteiger partial charge in [0.1, 0.15) is 12.3 Å². The van der Waals surface area contributed by atoms with Crippen LogP contribution in [0.25, 0.3) is 0 Å². The molecule has 2 aromatic carbocycles. The third-order valence-corrected chi connectivity index (χ3v) is 7.61. The standard InChI is InChI=1S/C24H22N4O4S/c1-25-16-7-3-5-9-19(16)33-18-8-4-2-6-15(18)23(25)28-20-14-32-13-12-26(20)24(31)21-22(30)17(29)10-11-27(21)28/h2-11,20,23,30H,12-14H2,1H3. The first kappa shape index (κ1) is 20.2. The van der Waals surface area contributed by atoms with Gasteiger partial charge in [-0.2, -0.15) is 0 Å². The average Bonchev–Trinajstić information content (AvgIpc) is 2.96. The predicted octanol–water partition coefficient (Wildman–Crippen LogP) is 2.60. The first-order chi connectivity index (χ1) is 16.1. The van der Waals surface area contributed by atoms with E-state index in [9.17, 15) is 14.7 Å². The van der Waals surface area contributed by atoms with Gasteiger partial charge >= 0.3 is 0 Å². The maximum absolute atomic E-state index is 13.4. The van der Waals surface area contributed by atoms with Gasteiger partial charge in [0.15, 0.2) is 11.4 Å². The van der Waals surface area contributed by atoms with Crippen LogP contribution in [0.5, 0.6) is 5.75 Å². The molecular formula is C24H22N4O4S. The number of carbonyl (C=O) groups excluding carboxylic acids is 1. The first-order valence-electron chi connectivity index (χ1n) is 10.8. The number of rotatable bonds is 1. The molecule has 33 heavy (non-hydrogen) atoms. The number of aromatic nitrogens is 1. The minimum atomic E-state index is -0.572. The molecular weight excluding hydrogens is 440 g/mol. The van der Waals surface area contributed by atoms with Gasteiger partial charge in [0.05, 0.1) is 18.9 Å². The Kier molecular flexibility index (Phi) is 4.63. The minimum absolute atomic E-state index is 0.0169. The van der Waals surface area contributed by atoms with Crippen LogP contribution in [0.15, 0.2) is 75.4 Å². The molecule has 1 aromatic heterocycles. The molecule has 3 aliphatic heterocycles. The van der Waals surface area contributed by atoms with E-state index in [2.05, 4.69) is 29.2 Å². The molecule has 2 unspecified atom stereocenters. The number of amides is 1. The monoisotopic (exact) mass is 462 g/mol.